The lowest BCUT2D eigenvalue weighted by molar-refractivity contribution is 0.0378. The van der Waals surface area contributed by atoms with Gasteiger partial charge in [0.25, 0.3) is 0 Å². The molecule has 0 saturated carbocycles. The van der Waals surface area contributed by atoms with Crippen LogP contribution >= 0.6 is 15.9 Å². The zero-order valence-corrected chi connectivity index (χ0v) is 10.7. The Kier molecular flexibility index (Phi) is 3.82. The summed E-state index contributed by atoms with van der Waals surface area (Å²) in [5, 5.41) is 0. The maximum absolute atomic E-state index is 5.75. The molecule has 2 heteroatoms. The summed E-state index contributed by atoms with van der Waals surface area (Å²) in [5.41, 5.74) is 0.0294. The van der Waals surface area contributed by atoms with Crippen LogP contribution in [0.5, 0.6) is 0 Å². The van der Waals surface area contributed by atoms with Gasteiger partial charge in [-0.15, -0.1) is 0 Å². The minimum Gasteiger partial charge on any atom is -0.374 e. The predicted octanol–water partition coefficient (Wildman–Crippen LogP) is 3.61. The largest absolute Gasteiger partial charge is 0.374 e. The molecule has 0 radical (unpaired) electrons. The van der Waals surface area contributed by atoms with E-state index in [1.807, 2.05) is 0 Å². The van der Waals surface area contributed by atoms with Gasteiger partial charge in [-0.2, -0.15) is 0 Å². The van der Waals surface area contributed by atoms with Crippen LogP contribution in [0.25, 0.3) is 0 Å². The quantitative estimate of drug-likeness (QED) is 0.694. The van der Waals surface area contributed by atoms with Crippen molar-refractivity contribution in [1.29, 1.82) is 0 Å². The Bertz CT molecular complexity index is 165. The fourth-order valence-corrected chi connectivity index (χ4v) is 2.38. The molecule has 0 spiro atoms. The van der Waals surface area contributed by atoms with Crippen molar-refractivity contribution >= 4 is 15.9 Å². The molecule has 0 amide bonds. The highest BCUT2D eigenvalue weighted by Crippen LogP contribution is 2.38. The Balaban J connectivity index is 2.37. The first-order valence-electron chi connectivity index (χ1n) is 5.21. The molecule has 0 aromatic carbocycles. The van der Waals surface area contributed by atoms with Crippen LogP contribution in [0.1, 0.15) is 40.5 Å². The fourth-order valence-electron chi connectivity index (χ4n) is 1.83. The van der Waals surface area contributed by atoms with E-state index in [0.29, 0.717) is 10.7 Å². The summed E-state index contributed by atoms with van der Waals surface area (Å²) in [4.78, 5) is 0.527. The van der Waals surface area contributed by atoms with Crippen LogP contribution in [0.3, 0.4) is 0 Å². The van der Waals surface area contributed by atoms with Crippen molar-refractivity contribution in [1.82, 2.24) is 0 Å². The zero-order chi connectivity index (χ0) is 10.1. The summed E-state index contributed by atoms with van der Waals surface area (Å²) < 4.78 is 5.75. The number of hydrogen-bond donors (Lipinski definition) is 0. The van der Waals surface area contributed by atoms with Gasteiger partial charge in [0.05, 0.1) is 12.2 Å². The van der Waals surface area contributed by atoms with E-state index >= 15 is 0 Å². The minimum absolute atomic E-state index is 0.0294. The fraction of sp³-hybridized carbons (Fsp3) is 1.00. The molecule has 0 bridgehead atoms. The molecule has 0 N–H and O–H groups in total. The lowest BCUT2D eigenvalue weighted by Crippen LogP contribution is -2.30. The van der Waals surface area contributed by atoms with Crippen LogP contribution in [-0.2, 0) is 4.74 Å². The van der Waals surface area contributed by atoms with E-state index in [9.17, 15) is 0 Å². The first-order valence-corrected chi connectivity index (χ1v) is 6.13. The Morgan fingerprint density at radius 2 is 2.08 bits per heavy atom. The number of alkyl halides is 1. The maximum Gasteiger partial charge on any atom is 0.0754 e. The van der Waals surface area contributed by atoms with Crippen molar-refractivity contribution < 1.29 is 4.74 Å². The van der Waals surface area contributed by atoms with Gasteiger partial charge in [-0.25, -0.2) is 0 Å². The molecular formula is C11H21BrO. The van der Waals surface area contributed by atoms with Gasteiger partial charge >= 0.3 is 0 Å². The van der Waals surface area contributed by atoms with Gasteiger partial charge in [0.2, 0.25) is 0 Å². The summed E-state index contributed by atoms with van der Waals surface area (Å²) in [6.45, 7) is 9.83. The van der Waals surface area contributed by atoms with Gasteiger partial charge in [-0.05, 0) is 32.1 Å². The lowest BCUT2D eigenvalue weighted by atomic mass is 9.91. The van der Waals surface area contributed by atoms with Crippen molar-refractivity contribution in [2.24, 2.45) is 11.8 Å². The van der Waals surface area contributed by atoms with Gasteiger partial charge in [0, 0.05) is 4.83 Å². The number of rotatable bonds is 3. The zero-order valence-electron chi connectivity index (χ0n) is 9.14. The molecular weight excluding hydrogens is 228 g/mol. The van der Waals surface area contributed by atoms with Gasteiger partial charge in [0.15, 0.2) is 0 Å². The third-order valence-corrected chi connectivity index (χ3v) is 4.71. The Morgan fingerprint density at radius 1 is 1.46 bits per heavy atom. The van der Waals surface area contributed by atoms with E-state index in [4.69, 9.17) is 4.74 Å². The third-order valence-electron chi connectivity index (χ3n) is 2.86. The standard InChI is InChI=1S/C11H21BrO/c1-8(2)5-6-9-7-13-11(3,4)10(9)12/h8-10H,5-7H2,1-4H3. The molecule has 2 unspecified atom stereocenters. The highest BCUT2D eigenvalue weighted by molar-refractivity contribution is 9.09. The molecule has 0 aromatic rings. The summed E-state index contributed by atoms with van der Waals surface area (Å²) in [6.07, 6.45) is 2.60. The Morgan fingerprint density at radius 3 is 2.46 bits per heavy atom. The molecule has 1 rings (SSSR count). The van der Waals surface area contributed by atoms with Crippen LogP contribution in [0.4, 0.5) is 0 Å². The molecule has 1 fully saturated rings. The van der Waals surface area contributed by atoms with Crippen LogP contribution in [-0.4, -0.2) is 17.0 Å². The van der Waals surface area contributed by atoms with E-state index in [0.717, 1.165) is 12.5 Å². The predicted molar refractivity (Wildman–Crippen MR) is 60.3 cm³/mol. The number of hydrogen-bond acceptors (Lipinski definition) is 1. The smallest absolute Gasteiger partial charge is 0.0754 e. The van der Waals surface area contributed by atoms with Crippen molar-refractivity contribution in [2.75, 3.05) is 6.61 Å². The van der Waals surface area contributed by atoms with E-state index in [-0.39, 0.29) is 5.60 Å². The van der Waals surface area contributed by atoms with Crippen molar-refractivity contribution in [3.63, 3.8) is 0 Å². The van der Waals surface area contributed by atoms with Gasteiger partial charge < -0.3 is 4.74 Å². The van der Waals surface area contributed by atoms with Crippen LogP contribution in [0, 0.1) is 11.8 Å². The van der Waals surface area contributed by atoms with Crippen LogP contribution in [0.2, 0.25) is 0 Å². The van der Waals surface area contributed by atoms with Gasteiger partial charge in [0.1, 0.15) is 0 Å². The van der Waals surface area contributed by atoms with Crippen molar-refractivity contribution in [2.45, 2.75) is 51.0 Å². The van der Waals surface area contributed by atoms with E-state index < -0.39 is 0 Å². The van der Waals surface area contributed by atoms with E-state index in [1.54, 1.807) is 0 Å². The molecule has 1 heterocycles. The summed E-state index contributed by atoms with van der Waals surface area (Å²) in [7, 11) is 0. The van der Waals surface area contributed by atoms with Crippen LogP contribution < -0.4 is 0 Å². The normalized spacial score (nSPS) is 32.8. The summed E-state index contributed by atoms with van der Waals surface area (Å²) in [5.74, 6) is 1.51. The molecule has 1 nitrogen and oxygen atoms in total. The molecule has 1 aliphatic rings. The highest BCUT2D eigenvalue weighted by Gasteiger charge is 2.40. The SMILES string of the molecule is CC(C)CCC1COC(C)(C)C1Br. The van der Waals surface area contributed by atoms with Gasteiger partial charge in [-0.3, -0.25) is 0 Å². The summed E-state index contributed by atoms with van der Waals surface area (Å²) >= 11 is 3.75. The Labute approximate surface area is 90.4 Å². The highest BCUT2D eigenvalue weighted by atomic mass is 79.9. The lowest BCUT2D eigenvalue weighted by Gasteiger charge is -2.23. The van der Waals surface area contributed by atoms with E-state index in [1.165, 1.54) is 12.8 Å². The van der Waals surface area contributed by atoms with Gasteiger partial charge in [-0.1, -0.05) is 36.2 Å². The second-order valence-electron chi connectivity index (χ2n) is 5.05. The third kappa shape index (κ3) is 2.95. The first-order chi connectivity index (χ1) is 5.93. The average molecular weight is 249 g/mol. The second kappa shape index (κ2) is 4.31. The minimum atomic E-state index is 0.0294. The molecule has 1 saturated heterocycles. The maximum atomic E-state index is 5.75. The molecule has 0 aliphatic carbocycles. The Hall–Kier alpha value is 0.440. The van der Waals surface area contributed by atoms with E-state index in [2.05, 4.69) is 43.6 Å². The second-order valence-corrected chi connectivity index (χ2v) is 6.03. The molecule has 78 valence electrons. The van der Waals surface area contributed by atoms with Crippen molar-refractivity contribution in [3.8, 4) is 0 Å². The molecule has 2 atom stereocenters. The van der Waals surface area contributed by atoms with Crippen molar-refractivity contribution in [3.05, 3.63) is 0 Å². The topological polar surface area (TPSA) is 9.23 Å². The first kappa shape index (κ1) is 11.5. The molecule has 1 aliphatic heterocycles. The number of ether oxygens (including phenoxy) is 1. The van der Waals surface area contributed by atoms with Crippen LogP contribution in [0.15, 0.2) is 0 Å². The average Bonchev–Trinajstić information content (AvgIpc) is 2.25. The monoisotopic (exact) mass is 248 g/mol. The molecule has 0 aromatic heterocycles. The molecule has 13 heavy (non-hydrogen) atoms. The number of halogens is 1. The summed E-state index contributed by atoms with van der Waals surface area (Å²) in [6, 6.07) is 0.